The van der Waals surface area contributed by atoms with Crippen molar-refractivity contribution >= 4 is 17.7 Å². The average Bonchev–Trinajstić information content (AvgIpc) is 2.85. The van der Waals surface area contributed by atoms with Crippen LogP contribution in [-0.2, 0) is 11.2 Å². The first kappa shape index (κ1) is 15.5. The van der Waals surface area contributed by atoms with Gasteiger partial charge in [-0.05, 0) is 25.5 Å². The van der Waals surface area contributed by atoms with Crippen molar-refractivity contribution in [2.75, 3.05) is 5.75 Å². The number of hydrogen-bond donors (Lipinski definition) is 1. The molecule has 2 aromatic heterocycles. The van der Waals surface area contributed by atoms with Gasteiger partial charge >= 0.3 is 0 Å². The van der Waals surface area contributed by atoms with E-state index in [1.165, 1.54) is 11.8 Å². The van der Waals surface area contributed by atoms with Gasteiger partial charge in [-0.25, -0.2) is 0 Å². The first-order chi connectivity index (χ1) is 10.0. The van der Waals surface area contributed by atoms with Crippen LogP contribution in [0, 0.1) is 13.8 Å². The summed E-state index contributed by atoms with van der Waals surface area (Å²) in [7, 11) is 0. The number of pyridine rings is 1. The van der Waals surface area contributed by atoms with Crippen LogP contribution in [0.2, 0.25) is 0 Å². The van der Waals surface area contributed by atoms with Crippen molar-refractivity contribution in [3.05, 3.63) is 35.5 Å². The molecule has 112 valence electrons. The molecule has 0 radical (unpaired) electrons. The second-order valence-electron chi connectivity index (χ2n) is 4.82. The molecular weight excluding hydrogens is 288 g/mol. The largest absolute Gasteiger partial charge is 0.416 e. The van der Waals surface area contributed by atoms with Crippen LogP contribution in [0.4, 0.5) is 0 Å². The van der Waals surface area contributed by atoms with Crippen LogP contribution in [0.25, 0.3) is 0 Å². The number of amides is 1. The Morgan fingerprint density at radius 1 is 1.43 bits per heavy atom. The summed E-state index contributed by atoms with van der Waals surface area (Å²) in [6.45, 7) is 5.70. The van der Waals surface area contributed by atoms with Crippen molar-refractivity contribution in [2.24, 2.45) is 0 Å². The van der Waals surface area contributed by atoms with Gasteiger partial charge in [0.1, 0.15) is 0 Å². The van der Waals surface area contributed by atoms with E-state index in [2.05, 4.69) is 20.5 Å². The molecule has 2 aromatic rings. The summed E-state index contributed by atoms with van der Waals surface area (Å²) in [5, 5.41) is 10.9. The van der Waals surface area contributed by atoms with Crippen LogP contribution in [0.3, 0.4) is 0 Å². The van der Waals surface area contributed by atoms with Gasteiger partial charge in [-0.3, -0.25) is 9.78 Å². The number of carbonyl (C=O) groups excluding carboxylic acids is 1. The van der Waals surface area contributed by atoms with Crippen molar-refractivity contribution in [1.82, 2.24) is 20.5 Å². The summed E-state index contributed by atoms with van der Waals surface area (Å²) in [6, 6.07) is 3.95. The molecule has 2 rings (SSSR count). The minimum absolute atomic E-state index is 0.0242. The molecule has 0 aliphatic carbocycles. The second kappa shape index (κ2) is 7.21. The lowest BCUT2D eigenvalue weighted by Crippen LogP contribution is -2.35. The highest BCUT2D eigenvalue weighted by Gasteiger charge is 2.12. The van der Waals surface area contributed by atoms with Crippen LogP contribution >= 0.6 is 11.8 Å². The van der Waals surface area contributed by atoms with Crippen LogP contribution in [-0.4, -0.2) is 32.9 Å². The molecule has 7 heteroatoms. The number of hydrogen-bond acceptors (Lipinski definition) is 6. The van der Waals surface area contributed by atoms with Crippen molar-refractivity contribution in [3.63, 3.8) is 0 Å². The number of aromatic nitrogens is 3. The quantitative estimate of drug-likeness (QED) is 0.821. The monoisotopic (exact) mass is 306 g/mol. The molecule has 0 saturated carbocycles. The van der Waals surface area contributed by atoms with Crippen LogP contribution < -0.4 is 5.32 Å². The van der Waals surface area contributed by atoms with E-state index in [9.17, 15) is 4.79 Å². The van der Waals surface area contributed by atoms with E-state index >= 15 is 0 Å². The molecule has 1 amide bonds. The van der Waals surface area contributed by atoms with Crippen LogP contribution in [0.15, 0.2) is 28.0 Å². The Hall–Kier alpha value is -1.89. The van der Waals surface area contributed by atoms with Crippen molar-refractivity contribution in [3.8, 4) is 0 Å². The molecule has 0 fully saturated rings. The van der Waals surface area contributed by atoms with E-state index in [1.54, 1.807) is 13.1 Å². The summed E-state index contributed by atoms with van der Waals surface area (Å²) in [4.78, 5) is 16.2. The average molecular weight is 306 g/mol. The smallest absolute Gasteiger partial charge is 0.277 e. The Morgan fingerprint density at radius 3 is 2.90 bits per heavy atom. The second-order valence-corrected chi connectivity index (χ2v) is 5.74. The fourth-order valence-corrected chi connectivity index (χ4v) is 2.47. The van der Waals surface area contributed by atoms with Crippen molar-refractivity contribution in [2.45, 2.75) is 38.5 Å². The van der Waals surface area contributed by atoms with E-state index in [0.29, 0.717) is 17.5 Å². The van der Waals surface area contributed by atoms with Gasteiger partial charge in [-0.15, -0.1) is 10.2 Å². The molecule has 2 heterocycles. The van der Waals surface area contributed by atoms with Gasteiger partial charge in [0, 0.05) is 31.3 Å². The number of thioether (sulfide) groups is 1. The Morgan fingerprint density at radius 2 is 2.24 bits per heavy atom. The van der Waals surface area contributed by atoms with Gasteiger partial charge in [-0.2, -0.15) is 0 Å². The van der Waals surface area contributed by atoms with Crippen molar-refractivity contribution in [1.29, 1.82) is 0 Å². The zero-order valence-electron chi connectivity index (χ0n) is 12.3. The first-order valence-electron chi connectivity index (χ1n) is 6.67. The molecule has 0 aliphatic rings. The lowest BCUT2D eigenvalue weighted by atomic mass is 10.1. The number of carbonyl (C=O) groups is 1. The lowest BCUT2D eigenvalue weighted by molar-refractivity contribution is -0.119. The third-order valence-corrected chi connectivity index (χ3v) is 3.68. The third kappa shape index (κ3) is 4.86. The zero-order valence-corrected chi connectivity index (χ0v) is 13.1. The minimum atomic E-state index is -0.0584. The van der Waals surface area contributed by atoms with Crippen molar-refractivity contribution < 1.29 is 9.21 Å². The zero-order chi connectivity index (χ0) is 15.2. The van der Waals surface area contributed by atoms with E-state index in [-0.39, 0.29) is 17.7 Å². The molecule has 0 aromatic carbocycles. The van der Waals surface area contributed by atoms with Crippen LogP contribution in [0.1, 0.15) is 24.1 Å². The van der Waals surface area contributed by atoms with Gasteiger partial charge in [-0.1, -0.05) is 17.8 Å². The Kier molecular flexibility index (Phi) is 5.32. The van der Waals surface area contributed by atoms with Gasteiger partial charge in [0.25, 0.3) is 5.22 Å². The van der Waals surface area contributed by atoms with Crippen LogP contribution in [0.5, 0.6) is 0 Å². The lowest BCUT2D eigenvalue weighted by Gasteiger charge is -2.14. The predicted octanol–water partition coefficient (Wildman–Crippen LogP) is 1.92. The summed E-state index contributed by atoms with van der Waals surface area (Å²) < 4.78 is 5.20. The fourth-order valence-electron chi connectivity index (χ4n) is 1.85. The highest BCUT2D eigenvalue weighted by molar-refractivity contribution is 7.99. The molecule has 1 unspecified atom stereocenters. The summed E-state index contributed by atoms with van der Waals surface area (Å²) >= 11 is 1.23. The summed E-state index contributed by atoms with van der Waals surface area (Å²) in [6.07, 6.45) is 2.48. The normalized spacial score (nSPS) is 12.1. The summed E-state index contributed by atoms with van der Waals surface area (Å²) in [5.74, 6) is 0.696. The van der Waals surface area contributed by atoms with E-state index in [4.69, 9.17) is 4.42 Å². The topological polar surface area (TPSA) is 80.9 Å². The van der Waals surface area contributed by atoms with E-state index in [0.717, 1.165) is 11.3 Å². The Bertz CT molecular complexity index is 615. The van der Waals surface area contributed by atoms with Gasteiger partial charge in [0.2, 0.25) is 11.8 Å². The molecule has 21 heavy (non-hydrogen) atoms. The first-order valence-corrected chi connectivity index (χ1v) is 7.66. The van der Waals surface area contributed by atoms with E-state index < -0.39 is 0 Å². The molecule has 6 nitrogen and oxygen atoms in total. The Labute approximate surface area is 127 Å². The number of nitrogens with zero attached hydrogens (tertiary/aromatic N) is 3. The molecule has 1 N–H and O–H groups in total. The third-order valence-electron chi connectivity index (χ3n) is 2.86. The highest BCUT2D eigenvalue weighted by atomic mass is 32.2. The SMILES string of the molecule is Cc1nnc(SCC(=O)NC(C)Cc2ncccc2C)o1. The van der Waals surface area contributed by atoms with Gasteiger partial charge < -0.3 is 9.73 Å². The molecule has 0 spiro atoms. The standard InChI is InChI=1S/C14H18N4O2S/c1-9-5-4-6-15-12(9)7-10(2)16-13(19)8-21-14-18-17-11(3)20-14/h4-6,10H,7-8H2,1-3H3,(H,16,19). The molecule has 0 saturated heterocycles. The molecule has 0 bridgehead atoms. The van der Waals surface area contributed by atoms with Gasteiger partial charge in [0.05, 0.1) is 5.75 Å². The maximum absolute atomic E-state index is 11.9. The molecule has 1 atom stereocenters. The number of rotatable bonds is 6. The van der Waals surface area contributed by atoms with E-state index in [1.807, 2.05) is 26.0 Å². The number of nitrogens with one attached hydrogen (secondary N) is 1. The predicted molar refractivity (Wildman–Crippen MR) is 80.0 cm³/mol. The maximum Gasteiger partial charge on any atom is 0.277 e. The highest BCUT2D eigenvalue weighted by Crippen LogP contribution is 2.15. The molecular formula is C14H18N4O2S. The minimum Gasteiger partial charge on any atom is -0.416 e. The number of aryl methyl sites for hydroxylation is 2. The fraction of sp³-hybridized carbons (Fsp3) is 0.429. The Balaban J connectivity index is 1.78. The van der Waals surface area contributed by atoms with Gasteiger partial charge in [0.15, 0.2) is 0 Å². The summed E-state index contributed by atoms with van der Waals surface area (Å²) in [5.41, 5.74) is 2.14. The maximum atomic E-state index is 11.9. The molecule has 0 aliphatic heterocycles.